The molecule has 0 spiro atoms. The van der Waals surface area contributed by atoms with Crippen LogP contribution in [0.5, 0.6) is 0 Å². The van der Waals surface area contributed by atoms with Gasteiger partial charge in [0, 0.05) is 37.3 Å². The minimum absolute atomic E-state index is 0.0267. The molecule has 2 aromatic heterocycles. The van der Waals surface area contributed by atoms with E-state index in [1.807, 2.05) is 9.80 Å². The van der Waals surface area contributed by atoms with Crippen molar-refractivity contribution in [1.82, 2.24) is 19.8 Å². The van der Waals surface area contributed by atoms with Crippen LogP contribution in [-0.2, 0) is 0 Å². The highest BCUT2D eigenvalue weighted by Crippen LogP contribution is 2.33. The number of amides is 2. The molecule has 6 rings (SSSR count). The molecule has 0 bridgehead atoms. The molecule has 0 saturated carbocycles. The van der Waals surface area contributed by atoms with Crippen molar-refractivity contribution in [3.8, 4) is 22.5 Å². The summed E-state index contributed by atoms with van der Waals surface area (Å²) in [5, 5.41) is 0. The third-order valence-corrected chi connectivity index (χ3v) is 7.43. The average molecular weight is 519 g/mol. The van der Waals surface area contributed by atoms with Crippen LogP contribution in [-0.4, -0.2) is 52.0 Å². The molecule has 0 radical (unpaired) electrons. The first-order chi connectivity index (χ1) is 18.6. The molecular formula is C29H28F2N4O3. The van der Waals surface area contributed by atoms with Crippen LogP contribution in [0.3, 0.4) is 0 Å². The number of likely N-dealkylation sites (tertiary alicyclic amines) is 2. The van der Waals surface area contributed by atoms with Gasteiger partial charge in [-0.1, -0.05) is 24.3 Å². The number of hydrogen-bond acceptors (Lipinski definition) is 5. The van der Waals surface area contributed by atoms with Gasteiger partial charge in [0.1, 0.15) is 35.5 Å². The average Bonchev–Trinajstić information content (AvgIpc) is 3.64. The third kappa shape index (κ3) is 4.80. The number of nitrogens with zero attached hydrogens (tertiary/aromatic N) is 4. The van der Waals surface area contributed by atoms with Gasteiger partial charge in [-0.3, -0.25) is 0 Å². The van der Waals surface area contributed by atoms with Crippen LogP contribution in [0.15, 0.2) is 69.9 Å². The fourth-order valence-corrected chi connectivity index (χ4v) is 5.44. The van der Waals surface area contributed by atoms with Crippen molar-refractivity contribution in [2.45, 2.75) is 37.5 Å². The molecule has 2 aliphatic heterocycles. The molecule has 2 unspecified atom stereocenters. The maximum atomic E-state index is 14.2. The highest BCUT2D eigenvalue weighted by Gasteiger charge is 2.34. The first-order valence-corrected chi connectivity index (χ1v) is 13.0. The fraction of sp³-hybridized carbons (Fsp3) is 0.345. The highest BCUT2D eigenvalue weighted by atomic mass is 19.1. The molecule has 9 heteroatoms. The Labute approximate surface area is 219 Å². The van der Waals surface area contributed by atoms with E-state index in [1.165, 1.54) is 24.7 Å². The highest BCUT2D eigenvalue weighted by molar-refractivity contribution is 5.75. The lowest BCUT2D eigenvalue weighted by molar-refractivity contribution is 0.120. The van der Waals surface area contributed by atoms with Crippen LogP contribution in [0.4, 0.5) is 13.6 Å². The van der Waals surface area contributed by atoms with E-state index in [-0.39, 0.29) is 29.5 Å². The van der Waals surface area contributed by atoms with Gasteiger partial charge in [-0.15, -0.1) is 0 Å². The predicted octanol–water partition coefficient (Wildman–Crippen LogP) is 6.45. The fourth-order valence-electron chi connectivity index (χ4n) is 5.44. The molecule has 2 saturated heterocycles. The molecule has 2 amide bonds. The lowest BCUT2D eigenvalue weighted by Crippen LogP contribution is -2.50. The normalized spacial score (nSPS) is 20.1. The first kappa shape index (κ1) is 24.3. The quantitative estimate of drug-likeness (QED) is 0.310. The molecule has 0 aliphatic carbocycles. The number of carbonyl (C=O) groups is 1. The van der Waals surface area contributed by atoms with Crippen molar-refractivity contribution in [3.63, 3.8) is 0 Å². The van der Waals surface area contributed by atoms with Crippen molar-refractivity contribution >= 4 is 6.03 Å². The van der Waals surface area contributed by atoms with Crippen molar-refractivity contribution < 1.29 is 22.4 Å². The first-order valence-electron chi connectivity index (χ1n) is 13.0. The van der Waals surface area contributed by atoms with Gasteiger partial charge in [0.05, 0.1) is 11.8 Å². The monoisotopic (exact) mass is 518 g/mol. The maximum absolute atomic E-state index is 14.2. The van der Waals surface area contributed by atoms with E-state index in [4.69, 9.17) is 8.83 Å². The van der Waals surface area contributed by atoms with Crippen LogP contribution in [0.25, 0.3) is 22.5 Å². The molecule has 2 aromatic carbocycles. The number of oxazole rings is 2. The molecule has 2 aliphatic rings. The summed E-state index contributed by atoms with van der Waals surface area (Å²) in [4.78, 5) is 26.3. The number of halogens is 2. The van der Waals surface area contributed by atoms with Crippen LogP contribution < -0.4 is 0 Å². The Hall–Kier alpha value is -4.01. The van der Waals surface area contributed by atoms with Crippen LogP contribution in [0, 0.1) is 11.6 Å². The number of urea groups is 1. The zero-order valence-electron chi connectivity index (χ0n) is 20.9. The SMILES string of the molecule is O=C(N1CCCC(c2nc(-c3ccccc3F)co2)C1)N1CCCC(c2nc(-c3ccccc3F)co2)C1. The molecule has 7 nitrogen and oxygen atoms in total. The molecule has 2 atom stereocenters. The van der Waals surface area contributed by atoms with Crippen molar-refractivity contribution in [2.75, 3.05) is 26.2 Å². The molecule has 2 fully saturated rings. The van der Waals surface area contributed by atoms with Gasteiger partial charge in [-0.25, -0.2) is 23.5 Å². The molecule has 196 valence electrons. The minimum atomic E-state index is -0.348. The molecule has 4 aromatic rings. The Morgan fingerprint density at radius 1 is 0.737 bits per heavy atom. The van der Waals surface area contributed by atoms with Gasteiger partial charge in [0.2, 0.25) is 0 Å². The number of aromatic nitrogens is 2. The zero-order chi connectivity index (χ0) is 26.1. The van der Waals surface area contributed by atoms with Crippen LogP contribution in [0.1, 0.15) is 49.3 Å². The number of piperidine rings is 2. The summed E-state index contributed by atoms with van der Waals surface area (Å²) in [5.74, 6) is 0.252. The Morgan fingerprint density at radius 2 is 1.18 bits per heavy atom. The Kier molecular flexibility index (Phi) is 6.66. The van der Waals surface area contributed by atoms with E-state index in [9.17, 15) is 13.6 Å². The predicted molar refractivity (Wildman–Crippen MR) is 136 cm³/mol. The number of benzene rings is 2. The summed E-state index contributed by atoms with van der Waals surface area (Å²) in [6, 6.07) is 12.9. The van der Waals surface area contributed by atoms with E-state index in [2.05, 4.69) is 9.97 Å². The standard InChI is InChI=1S/C29H28F2N4O3/c30-23-11-3-1-9-21(23)25-17-37-27(32-25)19-7-5-13-34(15-19)29(36)35-14-6-8-20(16-35)28-33-26(18-38-28)22-10-2-4-12-24(22)31/h1-4,9-12,17-20H,5-8,13-16H2. The van der Waals surface area contributed by atoms with Crippen molar-refractivity contribution in [2.24, 2.45) is 0 Å². The van der Waals surface area contributed by atoms with E-state index < -0.39 is 0 Å². The lowest BCUT2D eigenvalue weighted by atomic mass is 9.96. The Morgan fingerprint density at radius 3 is 1.63 bits per heavy atom. The van der Waals surface area contributed by atoms with E-state index >= 15 is 0 Å². The third-order valence-electron chi connectivity index (χ3n) is 7.43. The lowest BCUT2D eigenvalue weighted by Gasteiger charge is -2.38. The summed E-state index contributed by atoms with van der Waals surface area (Å²) in [6.45, 7) is 2.31. The number of hydrogen-bond donors (Lipinski definition) is 0. The van der Waals surface area contributed by atoms with E-state index in [1.54, 1.807) is 36.4 Å². The van der Waals surface area contributed by atoms with Gasteiger partial charge < -0.3 is 18.6 Å². The Balaban J connectivity index is 1.12. The summed E-state index contributed by atoms with van der Waals surface area (Å²) >= 11 is 0. The molecule has 38 heavy (non-hydrogen) atoms. The second-order valence-electron chi connectivity index (χ2n) is 9.95. The summed E-state index contributed by atoms with van der Waals surface area (Å²) in [5.41, 5.74) is 1.72. The minimum Gasteiger partial charge on any atom is -0.448 e. The van der Waals surface area contributed by atoms with Gasteiger partial charge in [0.25, 0.3) is 0 Å². The van der Waals surface area contributed by atoms with Crippen molar-refractivity contribution in [1.29, 1.82) is 0 Å². The topological polar surface area (TPSA) is 75.6 Å². The Bertz CT molecular complexity index is 1330. The number of carbonyl (C=O) groups excluding carboxylic acids is 1. The van der Waals surface area contributed by atoms with Crippen LogP contribution >= 0.6 is 0 Å². The maximum Gasteiger partial charge on any atom is 0.320 e. The second-order valence-corrected chi connectivity index (χ2v) is 9.95. The summed E-state index contributed by atoms with van der Waals surface area (Å²) in [6.07, 6.45) is 6.32. The van der Waals surface area contributed by atoms with Gasteiger partial charge >= 0.3 is 6.03 Å². The number of rotatable bonds is 4. The molecular weight excluding hydrogens is 490 g/mol. The largest absolute Gasteiger partial charge is 0.448 e. The summed E-state index contributed by atoms with van der Waals surface area (Å²) in [7, 11) is 0. The van der Waals surface area contributed by atoms with E-state index in [0.29, 0.717) is 60.5 Å². The van der Waals surface area contributed by atoms with E-state index in [0.717, 1.165) is 25.7 Å². The van der Waals surface area contributed by atoms with Crippen LogP contribution in [0.2, 0.25) is 0 Å². The molecule has 0 N–H and O–H groups in total. The second kappa shape index (κ2) is 10.4. The van der Waals surface area contributed by atoms with Crippen molar-refractivity contribution in [3.05, 3.63) is 84.5 Å². The molecule has 4 heterocycles. The van der Waals surface area contributed by atoms with Gasteiger partial charge in [0.15, 0.2) is 11.8 Å². The smallest absolute Gasteiger partial charge is 0.320 e. The van der Waals surface area contributed by atoms with Gasteiger partial charge in [-0.2, -0.15) is 0 Å². The summed E-state index contributed by atoms with van der Waals surface area (Å²) < 4.78 is 39.8. The zero-order valence-corrected chi connectivity index (χ0v) is 20.9. The van der Waals surface area contributed by atoms with Gasteiger partial charge in [-0.05, 0) is 49.9 Å².